The SMILES string of the molecule is CCC(C)NC(=O)C1CC(C(=O)O)C(C(=O)Nc2ccc(CCOC(=O)/C=C/c3ccc(OC(=O)c4ccc(OCCCC(F)(F)F)cc4)cc3)c(C(C)(C)C)c2)C1CC(=O)O. The molecule has 1 fully saturated rings. The Morgan fingerprint density at radius 3 is 2.13 bits per heavy atom. The summed E-state index contributed by atoms with van der Waals surface area (Å²) in [5, 5.41) is 25.3. The van der Waals surface area contributed by atoms with E-state index in [0.717, 1.165) is 11.1 Å². The number of aliphatic carboxylic acids is 2. The van der Waals surface area contributed by atoms with Gasteiger partial charge in [0.2, 0.25) is 11.8 Å². The molecule has 62 heavy (non-hydrogen) atoms. The lowest BCUT2D eigenvalue weighted by Gasteiger charge is -2.26. The number of alkyl halides is 3. The summed E-state index contributed by atoms with van der Waals surface area (Å²) in [5.74, 6) is -8.94. The van der Waals surface area contributed by atoms with Crippen LogP contribution >= 0.6 is 0 Å². The molecule has 0 radical (unpaired) electrons. The van der Waals surface area contributed by atoms with Crippen molar-refractivity contribution < 1.29 is 66.4 Å². The van der Waals surface area contributed by atoms with Crippen molar-refractivity contribution in [1.29, 1.82) is 0 Å². The Morgan fingerprint density at radius 1 is 0.871 bits per heavy atom. The van der Waals surface area contributed by atoms with Crippen molar-refractivity contribution in [1.82, 2.24) is 5.32 Å². The molecule has 2 amide bonds. The molecule has 0 saturated heterocycles. The fourth-order valence-corrected chi connectivity index (χ4v) is 7.23. The average molecular weight is 867 g/mol. The molecule has 5 atom stereocenters. The Bertz CT molecular complexity index is 2090. The minimum absolute atomic E-state index is 0.0251. The number of carboxylic acid groups (broad SMARTS) is 2. The van der Waals surface area contributed by atoms with Crippen LogP contribution in [0.2, 0.25) is 0 Å². The molecule has 1 aliphatic carbocycles. The molecular weight excluding hydrogens is 814 g/mol. The Balaban J connectivity index is 1.32. The first kappa shape index (κ1) is 48.5. The van der Waals surface area contributed by atoms with Crippen LogP contribution in [0, 0.1) is 23.7 Å². The molecule has 1 aliphatic rings. The van der Waals surface area contributed by atoms with E-state index in [0.29, 0.717) is 29.8 Å². The van der Waals surface area contributed by atoms with Crippen LogP contribution in [0.1, 0.15) is 93.8 Å². The van der Waals surface area contributed by atoms with Crippen LogP contribution in [0.5, 0.6) is 11.5 Å². The lowest BCUT2D eigenvalue weighted by atomic mass is 9.82. The topological polar surface area (TPSA) is 195 Å². The summed E-state index contributed by atoms with van der Waals surface area (Å²) in [6.45, 7) is 9.44. The smallest absolute Gasteiger partial charge is 0.389 e. The zero-order valence-corrected chi connectivity index (χ0v) is 35.3. The Hall–Kier alpha value is -6.19. The normalized spacial score (nSPS) is 18.1. The summed E-state index contributed by atoms with van der Waals surface area (Å²) in [4.78, 5) is 76.4. The summed E-state index contributed by atoms with van der Waals surface area (Å²) in [7, 11) is 0. The minimum Gasteiger partial charge on any atom is -0.494 e. The summed E-state index contributed by atoms with van der Waals surface area (Å²) < 4.78 is 53.1. The van der Waals surface area contributed by atoms with E-state index in [1.165, 1.54) is 48.6 Å². The second-order valence-corrected chi connectivity index (χ2v) is 16.3. The highest BCUT2D eigenvalue weighted by molar-refractivity contribution is 5.97. The van der Waals surface area contributed by atoms with Crippen LogP contribution in [-0.4, -0.2) is 71.3 Å². The van der Waals surface area contributed by atoms with Crippen LogP contribution in [0.15, 0.2) is 72.8 Å². The number of halogens is 3. The number of carboxylic acids is 2. The van der Waals surface area contributed by atoms with Gasteiger partial charge in [0, 0.05) is 43.0 Å². The number of benzene rings is 3. The second-order valence-electron chi connectivity index (χ2n) is 16.3. The maximum atomic E-state index is 13.8. The summed E-state index contributed by atoms with van der Waals surface area (Å²) >= 11 is 0. The highest BCUT2D eigenvalue weighted by Gasteiger charge is 2.53. The lowest BCUT2D eigenvalue weighted by molar-refractivity contribution is -0.147. The van der Waals surface area contributed by atoms with Crippen molar-refractivity contribution >= 4 is 47.5 Å². The first-order valence-corrected chi connectivity index (χ1v) is 20.3. The van der Waals surface area contributed by atoms with Crippen molar-refractivity contribution in [2.75, 3.05) is 18.5 Å². The van der Waals surface area contributed by atoms with E-state index in [-0.39, 0.29) is 43.4 Å². The van der Waals surface area contributed by atoms with Gasteiger partial charge in [0.25, 0.3) is 0 Å². The fraction of sp³-hybridized carbons (Fsp3) is 0.435. The molecule has 0 spiro atoms. The number of carbonyl (C=O) groups is 6. The van der Waals surface area contributed by atoms with E-state index in [9.17, 15) is 52.2 Å². The first-order chi connectivity index (χ1) is 29.1. The maximum Gasteiger partial charge on any atom is 0.389 e. The molecule has 0 bridgehead atoms. The maximum absolute atomic E-state index is 13.8. The van der Waals surface area contributed by atoms with Crippen LogP contribution in [-0.2, 0) is 40.5 Å². The minimum atomic E-state index is -4.25. The van der Waals surface area contributed by atoms with Crippen LogP contribution in [0.25, 0.3) is 6.08 Å². The van der Waals surface area contributed by atoms with Gasteiger partial charge in [-0.15, -0.1) is 0 Å². The van der Waals surface area contributed by atoms with Crippen molar-refractivity contribution in [3.8, 4) is 11.5 Å². The number of ether oxygens (including phenoxy) is 3. The molecule has 1 saturated carbocycles. The third-order valence-corrected chi connectivity index (χ3v) is 10.6. The molecule has 4 N–H and O–H groups in total. The van der Waals surface area contributed by atoms with Gasteiger partial charge in [0.1, 0.15) is 11.5 Å². The van der Waals surface area contributed by atoms with Gasteiger partial charge < -0.3 is 35.1 Å². The van der Waals surface area contributed by atoms with E-state index >= 15 is 0 Å². The Morgan fingerprint density at radius 2 is 1.53 bits per heavy atom. The van der Waals surface area contributed by atoms with Crippen LogP contribution in [0.4, 0.5) is 18.9 Å². The molecule has 16 heteroatoms. The molecule has 0 heterocycles. The number of hydrogen-bond acceptors (Lipinski definition) is 9. The molecule has 3 aromatic rings. The number of hydrogen-bond donors (Lipinski definition) is 4. The van der Waals surface area contributed by atoms with Gasteiger partial charge in [-0.05, 0) is 109 Å². The van der Waals surface area contributed by atoms with Crippen LogP contribution < -0.4 is 20.1 Å². The summed E-state index contributed by atoms with van der Waals surface area (Å²) in [6, 6.07) is 17.1. The molecule has 4 rings (SSSR count). The summed E-state index contributed by atoms with van der Waals surface area (Å²) in [6.07, 6.45) is -2.39. The zero-order chi connectivity index (χ0) is 45.8. The van der Waals surface area contributed by atoms with E-state index in [1.54, 1.807) is 37.3 Å². The Labute approximate surface area is 358 Å². The molecular formula is C46H53F3N2O11. The monoisotopic (exact) mass is 866 g/mol. The molecule has 3 aromatic carbocycles. The van der Waals surface area contributed by atoms with Gasteiger partial charge in [0.15, 0.2) is 0 Å². The quantitative estimate of drug-likeness (QED) is 0.0395. The van der Waals surface area contributed by atoms with Crippen molar-refractivity contribution in [3.05, 3.63) is 95.1 Å². The molecule has 0 aromatic heterocycles. The standard InChI is InChI=1S/C46H53F3N2O11/c1-6-27(2)50-41(55)35-25-36(43(57)58)40(34(35)26-38(52)53)42(56)51-31-14-11-29(37(24-31)45(3,4)5)20-23-61-39(54)19-10-28-8-15-33(16-9-28)62-44(59)30-12-17-32(18-13-30)60-22-7-21-46(47,48)49/h8-19,24,27,34-36,40H,6-7,20-23,25-26H2,1-5H3,(H,50,55)(H,51,56)(H,52,53)(H,57,58)/b19-10+. The largest absolute Gasteiger partial charge is 0.494 e. The van der Waals surface area contributed by atoms with Crippen LogP contribution in [0.3, 0.4) is 0 Å². The zero-order valence-electron chi connectivity index (χ0n) is 35.3. The molecule has 0 aliphatic heterocycles. The van der Waals surface area contributed by atoms with E-state index in [2.05, 4.69) is 10.6 Å². The Kier molecular flexibility index (Phi) is 16.9. The van der Waals surface area contributed by atoms with Gasteiger partial charge in [-0.1, -0.05) is 45.9 Å². The highest BCUT2D eigenvalue weighted by Crippen LogP contribution is 2.45. The van der Waals surface area contributed by atoms with Gasteiger partial charge in [0.05, 0.1) is 30.6 Å². The predicted octanol–water partition coefficient (Wildman–Crippen LogP) is 8.00. The number of amides is 2. The first-order valence-electron chi connectivity index (χ1n) is 20.3. The van der Waals surface area contributed by atoms with E-state index in [1.807, 2.05) is 27.7 Å². The van der Waals surface area contributed by atoms with Crippen molar-refractivity contribution in [2.24, 2.45) is 23.7 Å². The van der Waals surface area contributed by atoms with Gasteiger partial charge in [-0.3, -0.25) is 19.2 Å². The predicted molar refractivity (Wildman–Crippen MR) is 222 cm³/mol. The number of esters is 2. The third-order valence-electron chi connectivity index (χ3n) is 10.6. The average Bonchev–Trinajstić information content (AvgIpc) is 3.58. The fourth-order valence-electron chi connectivity index (χ4n) is 7.23. The van der Waals surface area contributed by atoms with Gasteiger partial charge >= 0.3 is 30.1 Å². The third kappa shape index (κ3) is 14.5. The summed E-state index contributed by atoms with van der Waals surface area (Å²) in [5.41, 5.74) is 2.40. The van der Waals surface area contributed by atoms with E-state index in [4.69, 9.17) is 14.2 Å². The van der Waals surface area contributed by atoms with Gasteiger partial charge in [-0.2, -0.15) is 13.2 Å². The molecule has 334 valence electrons. The van der Waals surface area contributed by atoms with Crippen molar-refractivity contribution in [3.63, 3.8) is 0 Å². The molecule has 5 unspecified atom stereocenters. The number of anilines is 1. The second kappa shape index (κ2) is 21.6. The number of nitrogens with one attached hydrogen (secondary N) is 2. The van der Waals surface area contributed by atoms with Gasteiger partial charge in [-0.25, -0.2) is 9.59 Å². The number of carbonyl (C=O) groups excluding carboxylic acids is 4. The highest BCUT2D eigenvalue weighted by atomic mass is 19.4. The molecule has 13 nitrogen and oxygen atoms in total. The lowest BCUT2D eigenvalue weighted by Crippen LogP contribution is -2.41. The number of rotatable bonds is 19. The van der Waals surface area contributed by atoms with Crippen molar-refractivity contribution in [2.45, 2.75) is 90.8 Å². The van der Waals surface area contributed by atoms with E-state index < -0.39 is 83.8 Å².